The van der Waals surface area contributed by atoms with E-state index in [0.29, 0.717) is 5.96 Å². The Morgan fingerprint density at radius 2 is 2.04 bits per heavy atom. The third-order valence-corrected chi connectivity index (χ3v) is 3.80. The highest BCUT2D eigenvalue weighted by molar-refractivity contribution is 14.0. The maximum absolute atomic E-state index is 13.5. The number of halogens is 3. The van der Waals surface area contributed by atoms with Crippen LogP contribution in [0.25, 0.3) is 0 Å². The Kier molecular flexibility index (Phi) is 9.13. The lowest BCUT2D eigenvalue weighted by atomic mass is 9.97. The van der Waals surface area contributed by atoms with Crippen molar-refractivity contribution in [3.63, 3.8) is 0 Å². The highest BCUT2D eigenvalue weighted by Crippen LogP contribution is 2.19. The van der Waals surface area contributed by atoms with Gasteiger partial charge in [-0.1, -0.05) is 11.6 Å². The van der Waals surface area contributed by atoms with Gasteiger partial charge in [-0.05, 0) is 50.3 Å². The van der Waals surface area contributed by atoms with Gasteiger partial charge in [0.1, 0.15) is 11.6 Å². The molecule has 0 bridgehead atoms. The number of hydrogen-bond acceptors (Lipinski definition) is 1. The Morgan fingerprint density at radius 3 is 2.74 bits per heavy atom. The normalized spacial score (nSPS) is 14.7. The van der Waals surface area contributed by atoms with Crippen LogP contribution in [0, 0.1) is 11.6 Å². The first-order valence-corrected chi connectivity index (χ1v) is 7.75. The van der Waals surface area contributed by atoms with Crippen LogP contribution in [-0.4, -0.2) is 19.6 Å². The molecule has 0 aromatic heterocycles. The number of nitrogens with one attached hydrogen (secondary N) is 2. The molecule has 3 nitrogen and oxygen atoms in total. The van der Waals surface area contributed by atoms with Crippen LogP contribution in [0.15, 0.2) is 34.8 Å². The molecule has 0 atom stereocenters. The van der Waals surface area contributed by atoms with E-state index in [1.165, 1.54) is 37.3 Å². The van der Waals surface area contributed by atoms with Gasteiger partial charge >= 0.3 is 0 Å². The van der Waals surface area contributed by atoms with E-state index in [-0.39, 0.29) is 36.1 Å². The fraction of sp³-hybridized carbons (Fsp3) is 0.471. The maximum atomic E-state index is 13.5. The molecule has 0 aliphatic heterocycles. The van der Waals surface area contributed by atoms with E-state index in [1.807, 2.05) is 0 Å². The standard InChI is InChI=1S/C17H23F2N3.HI/c1-20-17(21-10-9-13-5-3-2-4-6-13)22-12-14-11-15(18)7-8-16(14)19;/h5,7-8,11H,2-4,6,9-10,12H2,1H3,(H2,20,21,22);1H. The number of guanidine groups is 1. The number of rotatable bonds is 5. The summed E-state index contributed by atoms with van der Waals surface area (Å²) in [4.78, 5) is 4.10. The molecule has 1 aromatic carbocycles. The summed E-state index contributed by atoms with van der Waals surface area (Å²) in [7, 11) is 1.66. The minimum atomic E-state index is -0.439. The second kappa shape index (κ2) is 10.6. The summed E-state index contributed by atoms with van der Waals surface area (Å²) in [5, 5.41) is 6.21. The van der Waals surface area contributed by atoms with Crippen LogP contribution >= 0.6 is 24.0 Å². The third kappa shape index (κ3) is 6.85. The molecule has 0 radical (unpaired) electrons. The van der Waals surface area contributed by atoms with Crippen LogP contribution < -0.4 is 10.6 Å². The smallest absolute Gasteiger partial charge is 0.191 e. The van der Waals surface area contributed by atoms with E-state index >= 15 is 0 Å². The number of allylic oxidation sites excluding steroid dienone is 1. The van der Waals surface area contributed by atoms with Gasteiger partial charge < -0.3 is 10.6 Å². The fourth-order valence-electron chi connectivity index (χ4n) is 2.55. The highest BCUT2D eigenvalue weighted by Gasteiger charge is 2.06. The minimum Gasteiger partial charge on any atom is -0.356 e. The average molecular weight is 435 g/mol. The first-order valence-electron chi connectivity index (χ1n) is 7.75. The highest BCUT2D eigenvalue weighted by atomic mass is 127. The van der Waals surface area contributed by atoms with Crippen LogP contribution in [0.1, 0.15) is 37.7 Å². The zero-order chi connectivity index (χ0) is 15.8. The summed E-state index contributed by atoms with van der Waals surface area (Å²) >= 11 is 0. The number of hydrogen-bond donors (Lipinski definition) is 2. The van der Waals surface area contributed by atoms with Gasteiger partial charge in [0.15, 0.2) is 5.96 Å². The van der Waals surface area contributed by atoms with Crippen LogP contribution in [0.2, 0.25) is 0 Å². The Hall–Kier alpha value is -1.18. The van der Waals surface area contributed by atoms with Crippen molar-refractivity contribution in [2.24, 2.45) is 4.99 Å². The SMILES string of the molecule is CN=C(NCCC1=CCCCC1)NCc1cc(F)ccc1F.I. The van der Waals surface area contributed by atoms with Gasteiger partial charge in [-0.15, -0.1) is 24.0 Å². The number of aliphatic imine (C=N–C) groups is 1. The minimum absolute atomic E-state index is 0. The quantitative estimate of drug-likeness (QED) is 0.316. The molecule has 128 valence electrons. The molecule has 0 unspecified atom stereocenters. The molecule has 0 amide bonds. The predicted molar refractivity (Wildman–Crippen MR) is 101 cm³/mol. The second-order valence-electron chi connectivity index (χ2n) is 5.45. The lowest BCUT2D eigenvalue weighted by Gasteiger charge is -2.15. The van der Waals surface area contributed by atoms with Crippen molar-refractivity contribution in [2.75, 3.05) is 13.6 Å². The van der Waals surface area contributed by atoms with E-state index < -0.39 is 11.6 Å². The molecule has 0 spiro atoms. The number of nitrogens with zero attached hydrogens (tertiary/aromatic N) is 1. The molecule has 1 aliphatic rings. The zero-order valence-corrected chi connectivity index (χ0v) is 15.7. The van der Waals surface area contributed by atoms with Gasteiger partial charge in [-0.3, -0.25) is 4.99 Å². The van der Waals surface area contributed by atoms with E-state index in [1.54, 1.807) is 7.05 Å². The molecule has 2 N–H and O–H groups in total. The Bertz CT molecular complexity index is 559. The van der Waals surface area contributed by atoms with E-state index in [0.717, 1.165) is 25.1 Å². The van der Waals surface area contributed by atoms with Crippen LogP contribution in [0.3, 0.4) is 0 Å². The van der Waals surface area contributed by atoms with Crippen molar-refractivity contribution < 1.29 is 8.78 Å². The Morgan fingerprint density at radius 1 is 1.22 bits per heavy atom. The van der Waals surface area contributed by atoms with E-state index in [4.69, 9.17) is 0 Å². The molecule has 0 saturated carbocycles. The van der Waals surface area contributed by atoms with Crippen molar-refractivity contribution in [1.29, 1.82) is 0 Å². The fourth-order valence-corrected chi connectivity index (χ4v) is 2.55. The van der Waals surface area contributed by atoms with Gasteiger partial charge in [-0.25, -0.2) is 8.78 Å². The molecule has 1 aliphatic carbocycles. The summed E-state index contributed by atoms with van der Waals surface area (Å²) in [6.45, 7) is 0.989. The van der Waals surface area contributed by atoms with Crippen molar-refractivity contribution in [2.45, 2.75) is 38.6 Å². The summed E-state index contributed by atoms with van der Waals surface area (Å²) in [5.74, 6) is -0.262. The molecular formula is C17H24F2IN3. The van der Waals surface area contributed by atoms with Gasteiger partial charge in [0.25, 0.3) is 0 Å². The van der Waals surface area contributed by atoms with Gasteiger partial charge in [-0.2, -0.15) is 0 Å². The van der Waals surface area contributed by atoms with Crippen molar-refractivity contribution >= 4 is 29.9 Å². The summed E-state index contributed by atoms with van der Waals surface area (Å²) in [5.41, 5.74) is 1.78. The van der Waals surface area contributed by atoms with Crippen LogP contribution in [-0.2, 0) is 6.54 Å². The van der Waals surface area contributed by atoms with Crippen LogP contribution in [0.5, 0.6) is 0 Å². The summed E-state index contributed by atoms with van der Waals surface area (Å²) in [6.07, 6.45) is 8.25. The largest absolute Gasteiger partial charge is 0.356 e. The van der Waals surface area contributed by atoms with Crippen LogP contribution in [0.4, 0.5) is 8.78 Å². The zero-order valence-electron chi connectivity index (χ0n) is 13.4. The monoisotopic (exact) mass is 435 g/mol. The second-order valence-corrected chi connectivity index (χ2v) is 5.45. The summed E-state index contributed by atoms with van der Waals surface area (Å²) in [6, 6.07) is 3.45. The van der Waals surface area contributed by atoms with E-state index in [9.17, 15) is 8.78 Å². The summed E-state index contributed by atoms with van der Waals surface area (Å²) < 4.78 is 26.7. The first-order chi connectivity index (χ1) is 10.7. The van der Waals surface area contributed by atoms with E-state index in [2.05, 4.69) is 21.7 Å². The molecule has 1 aromatic rings. The first kappa shape index (κ1) is 19.9. The predicted octanol–water partition coefficient (Wildman–Crippen LogP) is 4.14. The Labute approximate surface area is 153 Å². The Balaban J connectivity index is 0.00000264. The molecule has 0 fully saturated rings. The van der Waals surface area contributed by atoms with Crippen molar-refractivity contribution in [3.05, 3.63) is 47.0 Å². The lowest BCUT2D eigenvalue weighted by molar-refractivity contribution is 0.581. The third-order valence-electron chi connectivity index (χ3n) is 3.80. The van der Waals surface area contributed by atoms with Gasteiger partial charge in [0, 0.05) is 25.7 Å². The van der Waals surface area contributed by atoms with Crippen molar-refractivity contribution in [3.8, 4) is 0 Å². The topological polar surface area (TPSA) is 36.4 Å². The molecule has 0 saturated heterocycles. The molecular weight excluding hydrogens is 411 g/mol. The number of benzene rings is 1. The molecule has 0 heterocycles. The molecule has 2 rings (SSSR count). The van der Waals surface area contributed by atoms with Gasteiger partial charge in [0.05, 0.1) is 0 Å². The maximum Gasteiger partial charge on any atom is 0.191 e. The van der Waals surface area contributed by atoms with Gasteiger partial charge in [0.2, 0.25) is 0 Å². The average Bonchev–Trinajstić information content (AvgIpc) is 2.54. The molecule has 6 heteroatoms. The lowest BCUT2D eigenvalue weighted by Crippen LogP contribution is -2.37. The van der Waals surface area contributed by atoms with Crippen molar-refractivity contribution in [1.82, 2.24) is 10.6 Å². The molecule has 23 heavy (non-hydrogen) atoms.